The second-order valence-corrected chi connectivity index (χ2v) is 8.25. The normalized spacial score (nSPS) is 14.0. The molecule has 124 valence electrons. The number of hydrogen-bond donors (Lipinski definition) is 1. The number of ketones is 1. The fourth-order valence-electron chi connectivity index (χ4n) is 2.90. The van der Waals surface area contributed by atoms with E-state index in [1.54, 1.807) is 0 Å². The first-order valence-corrected chi connectivity index (χ1v) is 8.34. The van der Waals surface area contributed by atoms with E-state index in [4.69, 9.17) is 0 Å². The lowest BCUT2D eigenvalue weighted by Crippen LogP contribution is -2.20. The Labute approximate surface area is 135 Å². The molecule has 0 fully saturated rings. The maximum Gasteiger partial charge on any atom is 0.140 e. The average Bonchev–Trinajstić information content (AvgIpc) is 2.38. The van der Waals surface area contributed by atoms with Gasteiger partial charge in [-0.25, -0.2) is 0 Å². The molecular formula is C20H32O2. The van der Waals surface area contributed by atoms with Crippen molar-refractivity contribution >= 4 is 5.78 Å². The van der Waals surface area contributed by atoms with Crippen LogP contribution in [-0.2, 0) is 15.6 Å². The van der Waals surface area contributed by atoms with Crippen LogP contribution in [0, 0.1) is 0 Å². The van der Waals surface area contributed by atoms with Gasteiger partial charge in [0.1, 0.15) is 11.5 Å². The third kappa shape index (κ3) is 3.91. The first-order valence-electron chi connectivity index (χ1n) is 8.34. The van der Waals surface area contributed by atoms with Crippen LogP contribution in [0.3, 0.4) is 0 Å². The van der Waals surface area contributed by atoms with Crippen LogP contribution in [0.4, 0.5) is 0 Å². The first kappa shape index (κ1) is 18.7. The molecular weight excluding hydrogens is 272 g/mol. The van der Waals surface area contributed by atoms with Gasteiger partial charge in [-0.05, 0) is 33.9 Å². The Morgan fingerprint density at radius 2 is 1.41 bits per heavy atom. The first-order chi connectivity index (χ1) is 9.93. The van der Waals surface area contributed by atoms with Crippen LogP contribution in [0.2, 0.25) is 0 Å². The fraction of sp³-hybridized carbons (Fsp3) is 0.650. The number of carbonyl (C=O) groups excluding carboxylic acids is 1. The Morgan fingerprint density at radius 3 is 1.68 bits per heavy atom. The SMILES string of the molecule is CCC(=O)C(CC)c1cc(C(C)(C)C)c(O)c(C(C)(C)C)c1. The summed E-state index contributed by atoms with van der Waals surface area (Å²) in [6, 6.07) is 4.07. The molecule has 0 aliphatic heterocycles. The van der Waals surface area contributed by atoms with E-state index in [1.807, 2.05) is 19.1 Å². The quantitative estimate of drug-likeness (QED) is 0.802. The summed E-state index contributed by atoms with van der Waals surface area (Å²) in [4.78, 5) is 12.3. The Kier molecular flexibility index (Phi) is 5.48. The van der Waals surface area contributed by atoms with Gasteiger partial charge in [0.05, 0.1) is 0 Å². The summed E-state index contributed by atoms with van der Waals surface area (Å²) in [5, 5.41) is 10.7. The lowest BCUT2D eigenvalue weighted by Gasteiger charge is -2.29. The molecule has 1 aromatic carbocycles. The summed E-state index contributed by atoms with van der Waals surface area (Å²) >= 11 is 0. The van der Waals surface area contributed by atoms with Gasteiger partial charge in [-0.15, -0.1) is 0 Å². The number of carbonyl (C=O) groups is 1. The van der Waals surface area contributed by atoms with Crippen molar-refractivity contribution in [1.29, 1.82) is 0 Å². The molecule has 1 N–H and O–H groups in total. The van der Waals surface area contributed by atoms with Crippen LogP contribution >= 0.6 is 0 Å². The van der Waals surface area contributed by atoms with Crippen LogP contribution in [0.1, 0.15) is 90.8 Å². The minimum Gasteiger partial charge on any atom is -0.507 e. The molecule has 1 aromatic rings. The molecule has 0 aliphatic carbocycles. The molecule has 1 atom stereocenters. The van der Waals surface area contributed by atoms with Gasteiger partial charge < -0.3 is 5.11 Å². The summed E-state index contributed by atoms with van der Waals surface area (Å²) in [7, 11) is 0. The number of rotatable bonds is 4. The molecule has 0 radical (unpaired) electrons. The van der Waals surface area contributed by atoms with E-state index >= 15 is 0 Å². The van der Waals surface area contributed by atoms with E-state index in [-0.39, 0.29) is 22.5 Å². The predicted octanol–water partition coefficient (Wildman–Crippen LogP) is 5.46. The van der Waals surface area contributed by atoms with Crippen molar-refractivity contribution in [3.8, 4) is 5.75 Å². The Morgan fingerprint density at radius 1 is 1.00 bits per heavy atom. The van der Waals surface area contributed by atoms with Crippen LogP contribution < -0.4 is 0 Å². The molecule has 0 saturated carbocycles. The molecule has 22 heavy (non-hydrogen) atoms. The zero-order valence-electron chi connectivity index (χ0n) is 15.5. The molecule has 0 spiro atoms. The average molecular weight is 304 g/mol. The van der Waals surface area contributed by atoms with E-state index in [9.17, 15) is 9.90 Å². The minimum atomic E-state index is -0.159. The van der Waals surface area contributed by atoms with Gasteiger partial charge in [-0.1, -0.05) is 67.5 Å². The zero-order chi connectivity index (χ0) is 17.3. The summed E-state index contributed by atoms with van der Waals surface area (Å²) in [6.45, 7) is 16.6. The van der Waals surface area contributed by atoms with Crippen molar-refractivity contribution in [2.75, 3.05) is 0 Å². The number of aromatic hydroxyl groups is 1. The minimum absolute atomic E-state index is 0.0761. The Bertz CT molecular complexity index is 507. The summed E-state index contributed by atoms with van der Waals surface area (Å²) in [5.74, 6) is 0.572. The fourth-order valence-corrected chi connectivity index (χ4v) is 2.90. The van der Waals surface area contributed by atoms with Gasteiger partial charge in [0.2, 0.25) is 0 Å². The lowest BCUT2D eigenvalue weighted by atomic mass is 9.76. The molecule has 0 heterocycles. The molecule has 0 aliphatic rings. The largest absolute Gasteiger partial charge is 0.507 e. The maximum atomic E-state index is 12.3. The van der Waals surface area contributed by atoms with Crippen LogP contribution in [-0.4, -0.2) is 10.9 Å². The van der Waals surface area contributed by atoms with Gasteiger partial charge in [-0.3, -0.25) is 4.79 Å². The van der Waals surface area contributed by atoms with E-state index in [0.717, 1.165) is 23.1 Å². The number of Topliss-reactive ketones (excluding diaryl/α,β-unsaturated/α-hetero) is 1. The molecule has 2 heteroatoms. The van der Waals surface area contributed by atoms with Gasteiger partial charge in [-0.2, -0.15) is 0 Å². The van der Waals surface area contributed by atoms with Gasteiger partial charge in [0.15, 0.2) is 0 Å². The van der Waals surface area contributed by atoms with Crippen molar-refractivity contribution in [3.05, 3.63) is 28.8 Å². The van der Waals surface area contributed by atoms with Crippen molar-refractivity contribution in [2.24, 2.45) is 0 Å². The molecule has 0 aromatic heterocycles. The van der Waals surface area contributed by atoms with Crippen LogP contribution in [0.5, 0.6) is 5.75 Å². The molecule has 1 unspecified atom stereocenters. The zero-order valence-corrected chi connectivity index (χ0v) is 15.5. The van der Waals surface area contributed by atoms with Gasteiger partial charge in [0.25, 0.3) is 0 Å². The van der Waals surface area contributed by atoms with Crippen molar-refractivity contribution in [2.45, 2.75) is 85.0 Å². The second-order valence-electron chi connectivity index (χ2n) is 8.25. The molecule has 0 bridgehead atoms. The maximum absolute atomic E-state index is 12.3. The van der Waals surface area contributed by atoms with Gasteiger partial charge in [0, 0.05) is 12.3 Å². The van der Waals surface area contributed by atoms with E-state index < -0.39 is 0 Å². The Hall–Kier alpha value is -1.31. The monoisotopic (exact) mass is 304 g/mol. The smallest absolute Gasteiger partial charge is 0.140 e. The highest BCUT2D eigenvalue weighted by molar-refractivity contribution is 5.85. The lowest BCUT2D eigenvalue weighted by molar-refractivity contribution is -0.120. The third-order valence-electron chi connectivity index (χ3n) is 4.30. The van der Waals surface area contributed by atoms with Gasteiger partial charge >= 0.3 is 0 Å². The highest BCUT2D eigenvalue weighted by Crippen LogP contribution is 2.41. The number of phenols is 1. The number of benzene rings is 1. The molecule has 2 nitrogen and oxygen atoms in total. The van der Waals surface area contributed by atoms with Crippen LogP contribution in [0.25, 0.3) is 0 Å². The third-order valence-corrected chi connectivity index (χ3v) is 4.30. The highest BCUT2D eigenvalue weighted by Gasteiger charge is 2.29. The summed E-state index contributed by atoms with van der Waals surface area (Å²) in [5.41, 5.74) is 2.58. The van der Waals surface area contributed by atoms with E-state index in [1.165, 1.54) is 0 Å². The van der Waals surface area contributed by atoms with Crippen molar-refractivity contribution in [3.63, 3.8) is 0 Å². The second kappa shape index (κ2) is 6.44. The highest BCUT2D eigenvalue weighted by atomic mass is 16.3. The molecule has 0 amide bonds. The summed E-state index contributed by atoms with van der Waals surface area (Å²) < 4.78 is 0. The molecule has 1 rings (SSSR count). The standard InChI is InChI=1S/C20H32O2/c1-9-14(17(21)10-2)13-11-15(19(3,4)5)18(22)16(12-13)20(6,7)8/h11-12,14,22H,9-10H2,1-8H3. The number of hydrogen-bond acceptors (Lipinski definition) is 2. The van der Waals surface area contributed by atoms with E-state index in [0.29, 0.717) is 12.2 Å². The Balaban J connectivity index is 3.64. The predicted molar refractivity (Wildman–Crippen MR) is 93.8 cm³/mol. The topological polar surface area (TPSA) is 37.3 Å². The number of phenolic OH excluding ortho intramolecular Hbond substituents is 1. The van der Waals surface area contributed by atoms with E-state index in [2.05, 4.69) is 48.5 Å². The van der Waals surface area contributed by atoms with Crippen molar-refractivity contribution in [1.82, 2.24) is 0 Å². The summed E-state index contributed by atoms with van der Waals surface area (Å²) in [6.07, 6.45) is 1.35. The van der Waals surface area contributed by atoms with Crippen molar-refractivity contribution < 1.29 is 9.90 Å². The molecule has 0 saturated heterocycles. The van der Waals surface area contributed by atoms with Crippen LogP contribution in [0.15, 0.2) is 12.1 Å².